The minimum Gasteiger partial charge on any atom is -0.546 e. The third-order valence-electron chi connectivity index (χ3n) is 2.75. The SMILES string of the molecule is O=C([O-])COc1ccc(-c2nc3ccccc3o2)cc1.[Na+]. The Bertz CT molecular complexity index is 719. The van der Waals surface area contributed by atoms with Crippen LogP contribution in [0.3, 0.4) is 0 Å². The van der Waals surface area contributed by atoms with E-state index in [0.29, 0.717) is 11.6 Å². The smallest absolute Gasteiger partial charge is 0.546 e. The summed E-state index contributed by atoms with van der Waals surface area (Å²) in [6.07, 6.45) is 0. The van der Waals surface area contributed by atoms with Crippen molar-refractivity contribution in [3.05, 3.63) is 48.5 Å². The molecule has 0 saturated heterocycles. The topological polar surface area (TPSA) is 75.4 Å². The number of rotatable bonds is 4. The van der Waals surface area contributed by atoms with Crippen molar-refractivity contribution in [2.45, 2.75) is 0 Å². The Labute approximate surface area is 142 Å². The van der Waals surface area contributed by atoms with E-state index in [0.717, 1.165) is 16.7 Å². The maximum Gasteiger partial charge on any atom is 1.00 e. The van der Waals surface area contributed by atoms with E-state index >= 15 is 0 Å². The summed E-state index contributed by atoms with van der Waals surface area (Å²) < 4.78 is 10.6. The van der Waals surface area contributed by atoms with E-state index < -0.39 is 12.6 Å². The first kappa shape index (κ1) is 15.6. The molecular weight excluding hydrogens is 281 g/mol. The Balaban J connectivity index is 0.00000161. The second-order valence-corrected chi connectivity index (χ2v) is 4.17. The van der Waals surface area contributed by atoms with Crippen molar-refractivity contribution in [2.24, 2.45) is 0 Å². The van der Waals surface area contributed by atoms with Gasteiger partial charge in [0, 0.05) is 5.56 Å². The van der Waals surface area contributed by atoms with Gasteiger partial charge in [-0.15, -0.1) is 0 Å². The second-order valence-electron chi connectivity index (χ2n) is 4.17. The number of hydrogen-bond donors (Lipinski definition) is 0. The van der Waals surface area contributed by atoms with Crippen LogP contribution in [-0.4, -0.2) is 17.6 Å². The molecule has 6 heteroatoms. The van der Waals surface area contributed by atoms with Crippen LogP contribution in [0.4, 0.5) is 0 Å². The van der Waals surface area contributed by atoms with Gasteiger partial charge in [-0.3, -0.25) is 0 Å². The van der Waals surface area contributed by atoms with E-state index in [9.17, 15) is 9.90 Å². The molecule has 0 amide bonds. The Kier molecular flexibility index (Phi) is 5.01. The molecule has 0 bridgehead atoms. The molecule has 0 radical (unpaired) electrons. The number of carbonyl (C=O) groups excluding carboxylic acids is 1. The number of hydrogen-bond acceptors (Lipinski definition) is 5. The number of aliphatic carboxylic acids is 1. The summed E-state index contributed by atoms with van der Waals surface area (Å²) in [6, 6.07) is 14.3. The van der Waals surface area contributed by atoms with Crippen LogP contribution in [-0.2, 0) is 4.79 Å². The Hall–Kier alpha value is -1.82. The van der Waals surface area contributed by atoms with Crippen LogP contribution in [0.1, 0.15) is 0 Å². The summed E-state index contributed by atoms with van der Waals surface area (Å²) >= 11 is 0. The number of aromatic nitrogens is 1. The van der Waals surface area contributed by atoms with Gasteiger partial charge in [0.1, 0.15) is 17.9 Å². The first-order chi connectivity index (χ1) is 9.72. The van der Waals surface area contributed by atoms with Gasteiger partial charge in [0.25, 0.3) is 0 Å². The molecule has 0 N–H and O–H groups in total. The van der Waals surface area contributed by atoms with Gasteiger partial charge in [-0.05, 0) is 36.4 Å². The fraction of sp³-hybridized carbons (Fsp3) is 0.0667. The first-order valence-electron chi connectivity index (χ1n) is 6.01. The van der Waals surface area contributed by atoms with E-state index in [1.54, 1.807) is 24.3 Å². The molecule has 21 heavy (non-hydrogen) atoms. The van der Waals surface area contributed by atoms with Crippen LogP contribution in [0.2, 0.25) is 0 Å². The molecule has 0 saturated carbocycles. The molecule has 0 unspecified atom stereocenters. The van der Waals surface area contributed by atoms with Crippen molar-refractivity contribution in [3.63, 3.8) is 0 Å². The number of para-hydroxylation sites is 2. The van der Waals surface area contributed by atoms with Crippen LogP contribution < -0.4 is 39.4 Å². The minimum absolute atomic E-state index is 0. The summed E-state index contributed by atoms with van der Waals surface area (Å²) in [5.74, 6) is -0.292. The van der Waals surface area contributed by atoms with Crippen LogP contribution in [0, 0.1) is 0 Å². The number of fused-ring (bicyclic) bond motifs is 1. The number of ether oxygens (including phenoxy) is 1. The van der Waals surface area contributed by atoms with Gasteiger partial charge in [-0.1, -0.05) is 12.1 Å². The number of benzene rings is 2. The van der Waals surface area contributed by atoms with Crippen molar-refractivity contribution in [2.75, 3.05) is 6.61 Å². The van der Waals surface area contributed by atoms with E-state index in [1.807, 2.05) is 24.3 Å². The van der Waals surface area contributed by atoms with Gasteiger partial charge < -0.3 is 19.1 Å². The summed E-state index contributed by atoms with van der Waals surface area (Å²) in [6.45, 7) is -0.470. The molecule has 0 aliphatic carbocycles. The molecule has 1 heterocycles. The van der Waals surface area contributed by atoms with Crippen molar-refractivity contribution in [1.29, 1.82) is 0 Å². The number of carboxylic acids is 1. The quantitative estimate of drug-likeness (QED) is 0.554. The molecule has 0 aliphatic rings. The van der Waals surface area contributed by atoms with Gasteiger partial charge in [-0.2, -0.15) is 0 Å². The predicted molar refractivity (Wildman–Crippen MR) is 69.9 cm³/mol. The summed E-state index contributed by atoms with van der Waals surface area (Å²) in [7, 11) is 0. The fourth-order valence-electron chi connectivity index (χ4n) is 1.83. The number of carboxylic acid groups (broad SMARTS) is 1. The normalized spacial score (nSPS) is 10.1. The largest absolute Gasteiger partial charge is 1.00 e. The molecule has 3 aromatic rings. The van der Waals surface area contributed by atoms with Crippen LogP contribution in [0.15, 0.2) is 52.9 Å². The second kappa shape index (κ2) is 6.76. The molecule has 0 fully saturated rings. The van der Waals surface area contributed by atoms with Crippen molar-refractivity contribution in [3.8, 4) is 17.2 Å². The maximum atomic E-state index is 10.3. The number of carbonyl (C=O) groups is 1. The van der Waals surface area contributed by atoms with Gasteiger partial charge in [0.2, 0.25) is 5.89 Å². The average Bonchev–Trinajstić information content (AvgIpc) is 2.89. The van der Waals surface area contributed by atoms with Gasteiger partial charge in [-0.25, -0.2) is 4.98 Å². The zero-order chi connectivity index (χ0) is 13.9. The van der Waals surface area contributed by atoms with E-state index in [-0.39, 0.29) is 29.6 Å². The first-order valence-corrected chi connectivity index (χ1v) is 6.01. The summed E-state index contributed by atoms with van der Waals surface area (Å²) in [4.78, 5) is 14.7. The van der Waals surface area contributed by atoms with E-state index in [2.05, 4.69) is 4.98 Å². The van der Waals surface area contributed by atoms with Gasteiger partial charge >= 0.3 is 29.6 Å². The van der Waals surface area contributed by atoms with Gasteiger partial charge in [0.05, 0.1) is 5.97 Å². The summed E-state index contributed by atoms with van der Waals surface area (Å²) in [5.41, 5.74) is 2.31. The Morgan fingerprint density at radius 3 is 2.52 bits per heavy atom. The molecule has 0 aliphatic heterocycles. The van der Waals surface area contributed by atoms with Crippen molar-refractivity contribution >= 4 is 17.1 Å². The minimum atomic E-state index is -1.26. The standard InChI is InChI=1S/C15H11NO4.Na/c17-14(18)9-19-11-7-5-10(6-8-11)15-16-12-3-1-2-4-13(12)20-15;/h1-8H,9H2,(H,17,18);/q;+1/p-1. The van der Waals surface area contributed by atoms with Crippen LogP contribution >= 0.6 is 0 Å². The number of nitrogens with zero attached hydrogens (tertiary/aromatic N) is 1. The maximum absolute atomic E-state index is 10.3. The van der Waals surface area contributed by atoms with Crippen molar-refractivity contribution in [1.82, 2.24) is 4.98 Å². The monoisotopic (exact) mass is 291 g/mol. The zero-order valence-corrected chi connectivity index (χ0v) is 13.4. The Morgan fingerprint density at radius 1 is 1.14 bits per heavy atom. The van der Waals surface area contributed by atoms with Crippen molar-refractivity contribution < 1.29 is 48.6 Å². The molecule has 5 nitrogen and oxygen atoms in total. The number of oxazole rings is 1. The molecule has 100 valence electrons. The molecule has 1 aromatic heterocycles. The summed E-state index contributed by atoms with van der Waals surface area (Å²) in [5, 5.41) is 10.3. The zero-order valence-electron chi connectivity index (χ0n) is 11.4. The Morgan fingerprint density at radius 2 is 1.86 bits per heavy atom. The molecule has 3 rings (SSSR count). The van der Waals surface area contributed by atoms with E-state index in [1.165, 1.54) is 0 Å². The van der Waals surface area contributed by atoms with Crippen LogP contribution in [0.25, 0.3) is 22.6 Å². The fourth-order valence-corrected chi connectivity index (χ4v) is 1.83. The third kappa shape index (κ3) is 3.64. The molecular formula is C15H10NNaO4. The molecule has 0 atom stereocenters. The predicted octanol–water partition coefficient (Wildman–Crippen LogP) is -1.37. The van der Waals surface area contributed by atoms with Gasteiger partial charge in [0.15, 0.2) is 5.58 Å². The molecule has 2 aromatic carbocycles. The molecule has 0 spiro atoms. The third-order valence-corrected chi connectivity index (χ3v) is 2.75. The van der Waals surface area contributed by atoms with Crippen LogP contribution in [0.5, 0.6) is 5.75 Å². The average molecular weight is 291 g/mol. The van der Waals surface area contributed by atoms with E-state index in [4.69, 9.17) is 9.15 Å².